The summed E-state index contributed by atoms with van der Waals surface area (Å²) in [6.07, 6.45) is 4.38. The van der Waals surface area contributed by atoms with Gasteiger partial charge < -0.3 is 9.47 Å². The number of Topliss-reactive ketones (excluding diaryl/α,β-unsaturated/α-hetero) is 1. The van der Waals surface area contributed by atoms with Crippen LogP contribution in [0.1, 0.15) is 26.7 Å². The molecule has 0 amide bonds. The molecule has 3 atom stereocenters. The third kappa shape index (κ3) is 2.95. The topological polar surface area (TPSA) is 72.9 Å². The van der Waals surface area contributed by atoms with Gasteiger partial charge in [0.05, 0.1) is 6.04 Å². The van der Waals surface area contributed by atoms with Crippen molar-refractivity contribution in [2.75, 3.05) is 19.7 Å². The van der Waals surface area contributed by atoms with Crippen LogP contribution >= 0.6 is 0 Å². The Bertz CT molecular complexity index is 606. The summed E-state index contributed by atoms with van der Waals surface area (Å²) in [5.74, 6) is -2.42. The molecule has 6 nitrogen and oxygen atoms in total. The van der Waals surface area contributed by atoms with Crippen LogP contribution in [0.25, 0.3) is 0 Å². The molecule has 3 rings (SSSR count). The molecule has 23 heavy (non-hydrogen) atoms. The van der Waals surface area contributed by atoms with Crippen molar-refractivity contribution in [3.05, 3.63) is 23.3 Å². The van der Waals surface area contributed by atoms with Gasteiger partial charge in [0.25, 0.3) is 0 Å². The molecule has 0 aliphatic carbocycles. The van der Waals surface area contributed by atoms with Gasteiger partial charge in [0, 0.05) is 24.6 Å². The molecule has 2 fully saturated rings. The maximum Gasteiger partial charge on any atom is 0.375 e. The SMILES string of the molecule is C/C=C1\C[C@@H](C)C(=O)C(=O)OCC2=CCN3CC[C@@H](OC1=O)[C@@H]23. The van der Waals surface area contributed by atoms with Crippen molar-refractivity contribution in [2.45, 2.75) is 38.8 Å². The Morgan fingerprint density at radius 1 is 1.26 bits per heavy atom. The van der Waals surface area contributed by atoms with E-state index in [1.165, 1.54) is 0 Å². The van der Waals surface area contributed by atoms with E-state index in [9.17, 15) is 14.4 Å². The Hall–Kier alpha value is -1.95. The smallest absolute Gasteiger partial charge is 0.375 e. The lowest BCUT2D eigenvalue weighted by Crippen LogP contribution is -2.37. The molecular formula is C17H21NO5. The fraction of sp³-hybridized carbons (Fsp3) is 0.588. The summed E-state index contributed by atoms with van der Waals surface area (Å²) in [6.45, 7) is 5.05. The van der Waals surface area contributed by atoms with E-state index in [0.717, 1.165) is 25.1 Å². The van der Waals surface area contributed by atoms with Crippen LogP contribution in [0.2, 0.25) is 0 Å². The number of hydrogen-bond donors (Lipinski definition) is 0. The second-order valence-corrected chi connectivity index (χ2v) is 6.31. The maximum atomic E-state index is 12.4. The zero-order valence-corrected chi connectivity index (χ0v) is 13.4. The molecule has 0 radical (unpaired) electrons. The number of rotatable bonds is 0. The molecule has 2 saturated heterocycles. The highest BCUT2D eigenvalue weighted by atomic mass is 16.5. The first-order valence-corrected chi connectivity index (χ1v) is 8.01. The first kappa shape index (κ1) is 15.9. The molecule has 6 heteroatoms. The minimum Gasteiger partial charge on any atom is -0.457 e. The number of ether oxygens (including phenoxy) is 2. The van der Waals surface area contributed by atoms with Crippen molar-refractivity contribution in [2.24, 2.45) is 5.92 Å². The number of cyclic esters (lactones) is 1. The minimum atomic E-state index is -0.823. The Labute approximate surface area is 135 Å². The van der Waals surface area contributed by atoms with Crippen molar-refractivity contribution in [1.29, 1.82) is 0 Å². The Kier molecular flexibility index (Phi) is 4.35. The third-order valence-corrected chi connectivity index (χ3v) is 4.83. The van der Waals surface area contributed by atoms with E-state index in [-0.39, 0.29) is 31.1 Å². The number of allylic oxidation sites excluding steroid dienone is 1. The fourth-order valence-corrected chi connectivity index (χ4v) is 3.50. The van der Waals surface area contributed by atoms with Gasteiger partial charge in [-0.2, -0.15) is 0 Å². The largest absolute Gasteiger partial charge is 0.457 e. The number of carbonyl (C=O) groups excluding carboxylic acids is 3. The van der Waals surface area contributed by atoms with Crippen LogP contribution in [0.4, 0.5) is 0 Å². The van der Waals surface area contributed by atoms with E-state index < -0.39 is 17.7 Å². The summed E-state index contributed by atoms with van der Waals surface area (Å²) in [4.78, 5) is 38.6. The van der Waals surface area contributed by atoms with E-state index in [0.29, 0.717) is 5.57 Å². The second kappa shape index (κ2) is 6.28. The van der Waals surface area contributed by atoms with Gasteiger partial charge in [0.2, 0.25) is 5.78 Å². The summed E-state index contributed by atoms with van der Waals surface area (Å²) in [5, 5.41) is 0. The number of esters is 2. The van der Waals surface area contributed by atoms with Gasteiger partial charge in [-0.25, -0.2) is 9.59 Å². The Morgan fingerprint density at radius 2 is 2.04 bits per heavy atom. The molecule has 0 N–H and O–H groups in total. The summed E-state index contributed by atoms with van der Waals surface area (Å²) >= 11 is 0. The zero-order chi connectivity index (χ0) is 16.6. The van der Waals surface area contributed by atoms with Gasteiger partial charge in [-0.3, -0.25) is 9.69 Å². The van der Waals surface area contributed by atoms with Crippen LogP contribution in [0.15, 0.2) is 23.3 Å². The number of nitrogens with zero attached hydrogens (tertiary/aromatic N) is 1. The molecule has 124 valence electrons. The van der Waals surface area contributed by atoms with Crippen LogP contribution in [-0.4, -0.2) is 54.5 Å². The second-order valence-electron chi connectivity index (χ2n) is 6.31. The van der Waals surface area contributed by atoms with Crippen molar-refractivity contribution in [3.63, 3.8) is 0 Å². The normalized spacial score (nSPS) is 34.3. The summed E-state index contributed by atoms with van der Waals surface area (Å²) < 4.78 is 10.9. The van der Waals surface area contributed by atoms with E-state index >= 15 is 0 Å². The van der Waals surface area contributed by atoms with Gasteiger partial charge in [0.15, 0.2) is 0 Å². The van der Waals surface area contributed by atoms with Crippen LogP contribution in [0.5, 0.6) is 0 Å². The predicted molar refractivity (Wildman–Crippen MR) is 81.4 cm³/mol. The third-order valence-electron chi connectivity index (χ3n) is 4.83. The van der Waals surface area contributed by atoms with E-state index in [4.69, 9.17) is 9.47 Å². The summed E-state index contributed by atoms with van der Waals surface area (Å²) in [6, 6.07) is -0.0446. The van der Waals surface area contributed by atoms with Gasteiger partial charge >= 0.3 is 11.9 Å². The van der Waals surface area contributed by atoms with Gasteiger partial charge in [0.1, 0.15) is 12.7 Å². The molecule has 3 aliphatic heterocycles. The fourth-order valence-electron chi connectivity index (χ4n) is 3.50. The average molecular weight is 319 g/mol. The van der Waals surface area contributed by atoms with Crippen LogP contribution in [-0.2, 0) is 23.9 Å². The monoisotopic (exact) mass is 319 g/mol. The predicted octanol–water partition coefficient (Wildman–Crippen LogP) is 1.01. The molecule has 0 saturated carbocycles. The Morgan fingerprint density at radius 3 is 2.78 bits per heavy atom. The molecule has 0 aromatic heterocycles. The maximum absolute atomic E-state index is 12.4. The van der Waals surface area contributed by atoms with E-state index in [1.807, 2.05) is 6.08 Å². The molecule has 0 bridgehead atoms. The standard InChI is InChI=1S/C17H21NO5/c1-3-11-8-10(2)15(19)17(21)22-9-12-4-6-18-7-5-13(14(12)18)23-16(11)20/h3-4,10,13-14H,5-9H2,1-2H3/b11-3+/t10-,13-,14-/m1/s1. The molecule has 3 heterocycles. The summed E-state index contributed by atoms with van der Waals surface area (Å²) in [5.41, 5.74) is 1.35. The van der Waals surface area contributed by atoms with E-state index in [1.54, 1.807) is 19.9 Å². The number of ketones is 1. The lowest BCUT2D eigenvalue weighted by molar-refractivity contribution is -0.155. The summed E-state index contributed by atoms with van der Waals surface area (Å²) in [7, 11) is 0. The van der Waals surface area contributed by atoms with Crippen LogP contribution < -0.4 is 0 Å². The molecule has 3 aliphatic rings. The molecule has 0 spiro atoms. The lowest BCUT2D eigenvalue weighted by Gasteiger charge is -2.25. The quantitative estimate of drug-likeness (QED) is 0.287. The van der Waals surface area contributed by atoms with Crippen LogP contribution in [0, 0.1) is 5.92 Å². The highest BCUT2D eigenvalue weighted by Gasteiger charge is 2.42. The van der Waals surface area contributed by atoms with Gasteiger partial charge in [-0.05, 0) is 25.3 Å². The lowest BCUT2D eigenvalue weighted by atomic mass is 9.96. The minimum absolute atomic E-state index is 0.0446. The van der Waals surface area contributed by atoms with E-state index in [2.05, 4.69) is 4.90 Å². The van der Waals surface area contributed by atoms with Crippen molar-refractivity contribution in [1.82, 2.24) is 4.90 Å². The van der Waals surface area contributed by atoms with Crippen molar-refractivity contribution >= 4 is 17.7 Å². The molecule has 0 aromatic carbocycles. The van der Waals surface area contributed by atoms with Crippen molar-refractivity contribution < 1.29 is 23.9 Å². The number of hydrogen-bond acceptors (Lipinski definition) is 6. The first-order chi connectivity index (χ1) is 11.0. The van der Waals surface area contributed by atoms with Gasteiger partial charge in [-0.1, -0.05) is 19.1 Å². The van der Waals surface area contributed by atoms with Crippen LogP contribution in [0.3, 0.4) is 0 Å². The Balaban J connectivity index is 1.88. The molecular weight excluding hydrogens is 298 g/mol. The first-order valence-electron chi connectivity index (χ1n) is 8.01. The molecule has 0 unspecified atom stereocenters. The molecule has 0 aromatic rings. The van der Waals surface area contributed by atoms with Gasteiger partial charge in [-0.15, -0.1) is 0 Å². The number of carbonyl (C=O) groups is 3. The highest BCUT2D eigenvalue weighted by molar-refractivity contribution is 6.34. The zero-order valence-electron chi connectivity index (χ0n) is 13.4. The highest BCUT2D eigenvalue weighted by Crippen LogP contribution is 2.32. The van der Waals surface area contributed by atoms with Crippen molar-refractivity contribution in [3.8, 4) is 0 Å². The average Bonchev–Trinajstić information content (AvgIpc) is 3.11.